The molecule has 3 nitrogen and oxygen atoms in total. The molecular formula is C13H14N2OS. The Balaban J connectivity index is 2.39. The maximum absolute atomic E-state index is 11.3. The number of aromatic nitrogens is 2. The molecule has 2 aromatic rings. The minimum Gasteiger partial charge on any atom is -0.257 e. The second-order valence-electron chi connectivity index (χ2n) is 3.90. The van der Waals surface area contributed by atoms with Crippen LogP contribution >= 0.6 is 0 Å². The number of hydrogen-bond donors (Lipinski definition) is 0. The Hall–Kier alpha value is -1.55. The van der Waals surface area contributed by atoms with E-state index < -0.39 is 10.8 Å². The van der Waals surface area contributed by atoms with Gasteiger partial charge in [0.25, 0.3) is 0 Å². The van der Waals surface area contributed by atoms with E-state index in [0.29, 0.717) is 0 Å². The van der Waals surface area contributed by atoms with E-state index in [4.69, 9.17) is 0 Å². The predicted octanol–water partition coefficient (Wildman–Crippen LogP) is 2.50. The van der Waals surface area contributed by atoms with Gasteiger partial charge in [0.05, 0.1) is 23.3 Å². The molecule has 0 bridgehead atoms. The summed E-state index contributed by atoms with van der Waals surface area (Å²) in [6.07, 6.45) is 3.44. The van der Waals surface area contributed by atoms with Gasteiger partial charge in [-0.05, 0) is 26.0 Å². The number of hydrogen-bond acceptors (Lipinski definition) is 3. The van der Waals surface area contributed by atoms with Crippen molar-refractivity contribution in [2.75, 3.05) is 6.26 Å². The van der Waals surface area contributed by atoms with Crippen LogP contribution in [0.4, 0.5) is 0 Å². The van der Waals surface area contributed by atoms with Crippen LogP contribution < -0.4 is 0 Å². The van der Waals surface area contributed by atoms with Crippen LogP contribution in [0.15, 0.2) is 35.4 Å². The molecule has 1 unspecified atom stereocenters. The van der Waals surface area contributed by atoms with Gasteiger partial charge < -0.3 is 0 Å². The van der Waals surface area contributed by atoms with Crippen LogP contribution in [0.1, 0.15) is 11.4 Å². The molecule has 2 rings (SSSR count). The molecule has 0 aliphatic heterocycles. The van der Waals surface area contributed by atoms with Gasteiger partial charge in [-0.3, -0.25) is 9.19 Å². The van der Waals surface area contributed by atoms with Gasteiger partial charge >= 0.3 is 0 Å². The molecule has 0 aliphatic rings. The SMILES string of the molecule is Cc1ncc(-c2ccc(S(C)=O)cc2)nc1C. The van der Waals surface area contributed by atoms with Gasteiger partial charge in [0.15, 0.2) is 0 Å². The third-order valence-corrected chi connectivity index (χ3v) is 3.61. The molecule has 1 atom stereocenters. The fourth-order valence-corrected chi connectivity index (χ4v) is 2.02. The molecule has 0 aliphatic carbocycles. The molecule has 0 spiro atoms. The zero-order valence-electron chi connectivity index (χ0n) is 10.1. The van der Waals surface area contributed by atoms with E-state index in [2.05, 4.69) is 9.97 Å². The van der Waals surface area contributed by atoms with E-state index in [1.54, 1.807) is 12.5 Å². The number of benzene rings is 1. The first-order chi connectivity index (χ1) is 8.08. The highest BCUT2D eigenvalue weighted by molar-refractivity contribution is 7.84. The van der Waals surface area contributed by atoms with Crippen LogP contribution in [-0.4, -0.2) is 20.4 Å². The van der Waals surface area contributed by atoms with Gasteiger partial charge in [-0.15, -0.1) is 0 Å². The summed E-state index contributed by atoms with van der Waals surface area (Å²) in [7, 11) is -0.938. The lowest BCUT2D eigenvalue weighted by atomic mass is 10.1. The minimum atomic E-state index is -0.938. The molecule has 0 amide bonds. The first-order valence-electron chi connectivity index (χ1n) is 5.32. The van der Waals surface area contributed by atoms with Crippen molar-refractivity contribution in [1.82, 2.24) is 9.97 Å². The smallest absolute Gasteiger partial charge is 0.0888 e. The second kappa shape index (κ2) is 4.75. The van der Waals surface area contributed by atoms with Crippen molar-refractivity contribution in [3.63, 3.8) is 0 Å². The average molecular weight is 246 g/mol. The van der Waals surface area contributed by atoms with Crippen molar-refractivity contribution in [2.45, 2.75) is 18.7 Å². The first-order valence-corrected chi connectivity index (χ1v) is 6.88. The van der Waals surface area contributed by atoms with Crippen molar-refractivity contribution in [2.24, 2.45) is 0 Å². The third-order valence-electron chi connectivity index (χ3n) is 2.67. The van der Waals surface area contributed by atoms with Crippen LogP contribution in [0.5, 0.6) is 0 Å². The Kier molecular flexibility index (Phi) is 3.33. The molecule has 1 aromatic carbocycles. The lowest BCUT2D eigenvalue weighted by Crippen LogP contribution is -1.94. The third kappa shape index (κ3) is 2.58. The standard InChI is InChI=1S/C13H14N2OS/c1-9-10(2)15-13(8-14-9)11-4-6-12(7-5-11)17(3)16/h4-8H,1-3H3. The summed E-state index contributed by atoms with van der Waals surface area (Å²) in [5.74, 6) is 0. The van der Waals surface area contributed by atoms with E-state index in [-0.39, 0.29) is 0 Å². The molecule has 4 heteroatoms. The largest absolute Gasteiger partial charge is 0.257 e. The highest BCUT2D eigenvalue weighted by atomic mass is 32.2. The first kappa shape index (κ1) is 11.9. The molecule has 1 heterocycles. The highest BCUT2D eigenvalue weighted by Gasteiger charge is 2.03. The Morgan fingerprint density at radius 3 is 2.24 bits per heavy atom. The minimum absolute atomic E-state index is 0.825. The summed E-state index contributed by atoms with van der Waals surface area (Å²) >= 11 is 0. The molecule has 0 fully saturated rings. The maximum Gasteiger partial charge on any atom is 0.0888 e. The van der Waals surface area contributed by atoms with Crippen LogP contribution in [0.2, 0.25) is 0 Å². The monoisotopic (exact) mass is 246 g/mol. The topological polar surface area (TPSA) is 42.9 Å². The van der Waals surface area contributed by atoms with Gasteiger partial charge in [0.1, 0.15) is 0 Å². The summed E-state index contributed by atoms with van der Waals surface area (Å²) in [5.41, 5.74) is 3.72. The molecule has 88 valence electrons. The maximum atomic E-state index is 11.3. The summed E-state index contributed by atoms with van der Waals surface area (Å²) in [5, 5.41) is 0. The summed E-state index contributed by atoms with van der Waals surface area (Å²) < 4.78 is 11.3. The van der Waals surface area contributed by atoms with Crippen molar-refractivity contribution in [3.8, 4) is 11.3 Å². The average Bonchev–Trinajstić information content (AvgIpc) is 2.33. The predicted molar refractivity (Wildman–Crippen MR) is 69.3 cm³/mol. The number of nitrogens with zero attached hydrogens (tertiary/aromatic N) is 2. The zero-order chi connectivity index (χ0) is 12.4. The summed E-state index contributed by atoms with van der Waals surface area (Å²) in [6.45, 7) is 3.89. The molecule has 1 aromatic heterocycles. The fraction of sp³-hybridized carbons (Fsp3) is 0.231. The van der Waals surface area contributed by atoms with Gasteiger partial charge in [0.2, 0.25) is 0 Å². The van der Waals surface area contributed by atoms with Crippen LogP contribution in [0, 0.1) is 13.8 Å². The number of rotatable bonds is 2. The van der Waals surface area contributed by atoms with Gasteiger partial charge in [-0.25, -0.2) is 4.98 Å². The van der Waals surface area contributed by atoms with Crippen molar-refractivity contribution < 1.29 is 4.21 Å². The van der Waals surface area contributed by atoms with E-state index >= 15 is 0 Å². The van der Waals surface area contributed by atoms with Crippen LogP contribution in [0.3, 0.4) is 0 Å². The van der Waals surface area contributed by atoms with E-state index in [0.717, 1.165) is 27.5 Å². The molecular weight excluding hydrogens is 232 g/mol. The van der Waals surface area contributed by atoms with Crippen LogP contribution in [-0.2, 0) is 10.8 Å². The second-order valence-corrected chi connectivity index (χ2v) is 5.28. The van der Waals surface area contributed by atoms with Crippen molar-refractivity contribution in [1.29, 1.82) is 0 Å². The summed E-state index contributed by atoms with van der Waals surface area (Å²) in [4.78, 5) is 9.59. The molecule has 17 heavy (non-hydrogen) atoms. The van der Waals surface area contributed by atoms with Crippen LogP contribution in [0.25, 0.3) is 11.3 Å². The fourth-order valence-electron chi connectivity index (χ4n) is 1.50. The zero-order valence-corrected chi connectivity index (χ0v) is 10.9. The quantitative estimate of drug-likeness (QED) is 0.817. The summed E-state index contributed by atoms with van der Waals surface area (Å²) in [6, 6.07) is 7.58. The molecule has 0 saturated heterocycles. The Labute approximate surface area is 103 Å². The van der Waals surface area contributed by atoms with E-state index in [1.807, 2.05) is 38.1 Å². The lowest BCUT2D eigenvalue weighted by Gasteiger charge is -2.04. The molecule has 0 N–H and O–H groups in total. The Morgan fingerprint density at radius 1 is 1.06 bits per heavy atom. The number of aryl methyl sites for hydroxylation is 2. The van der Waals surface area contributed by atoms with Gasteiger partial charge in [0, 0.05) is 27.5 Å². The Morgan fingerprint density at radius 2 is 1.71 bits per heavy atom. The molecule has 0 radical (unpaired) electrons. The highest BCUT2D eigenvalue weighted by Crippen LogP contribution is 2.18. The van der Waals surface area contributed by atoms with Gasteiger partial charge in [-0.2, -0.15) is 0 Å². The lowest BCUT2D eigenvalue weighted by molar-refractivity contribution is 0.687. The van der Waals surface area contributed by atoms with Crippen molar-refractivity contribution >= 4 is 10.8 Å². The Bertz CT molecular complexity index is 564. The van der Waals surface area contributed by atoms with E-state index in [9.17, 15) is 4.21 Å². The van der Waals surface area contributed by atoms with Crippen molar-refractivity contribution in [3.05, 3.63) is 41.9 Å². The normalized spacial score (nSPS) is 12.4. The molecule has 0 saturated carbocycles. The van der Waals surface area contributed by atoms with E-state index in [1.165, 1.54) is 0 Å². The van der Waals surface area contributed by atoms with Gasteiger partial charge in [-0.1, -0.05) is 12.1 Å².